The maximum Gasteiger partial charge on any atom is 0.124 e. The summed E-state index contributed by atoms with van der Waals surface area (Å²) < 4.78 is 18.1. The summed E-state index contributed by atoms with van der Waals surface area (Å²) in [6, 6.07) is 4.77. The predicted octanol–water partition coefficient (Wildman–Crippen LogP) is 3.71. The van der Waals surface area contributed by atoms with Gasteiger partial charge in [0, 0.05) is 12.7 Å². The lowest BCUT2D eigenvalue weighted by atomic mass is 10.1. The summed E-state index contributed by atoms with van der Waals surface area (Å²) in [6.45, 7) is 4.43. The quantitative estimate of drug-likeness (QED) is 0.829. The zero-order valence-corrected chi connectivity index (χ0v) is 10.9. The van der Waals surface area contributed by atoms with E-state index in [9.17, 15) is 4.39 Å². The fourth-order valence-electron chi connectivity index (χ4n) is 1.68. The standard InChI is InChI=1S/C13H14FNOS/c1-8-6-10(14)4-5-11(8)13-15-9(2)12(17-13)7-16-3/h4-6H,7H2,1-3H3. The molecule has 0 aliphatic heterocycles. The van der Waals surface area contributed by atoms with E-state index in [1.54, 1.807) is 24.5 Å². The summed E-state index contributed by atoms with van der Waals surface area (Å²) in [6.07, 6.45) is 0. The van der Waals surface area contributed by atoms with Gasteiger partial charge in [-0.1, -0.05) is 0 Å². The monoisotopic (exact) mass is 251 g/mol. The Hall–Kier alpha value is -1.26. The molecule has 0 aliphatic carbocycles. The fraction of sp³-hybridized carbons (Fsp3) is 0.308. The van der Waals surface area contributed by atoms with Gasteiger partial charge < -0.3 is 4.74 Å². The van der Waals surface area contributed by atoms with Crippen LogP contribution in [0.1, 0.15) is 16.1 Å². The van der Waals surface area contributed by atoms with Gasteiger partial charge in [0.05, 0.1) is 17.2 Å². The van der Waals surface area contributed by atoms with Crippen molar-refractivity contribution in [2.45, 2.75) is 20.5 Å². The molecule has 0 bridgehead atoms. The molecule has 0 atom stereocenters. The van der Waals surface area contributed by atoms with Crippen LogP contribution in [0.25, 0.3) is 10.6 Å². The molecule has 0 unspecified atom stereocenters. The summed E-state index contributed by atoms with van der Waals surface area (Å²) in [4.78, 5) is 5.62. The summed E-state index contributed by atoms with van der Waals surface area (Å²) in [5, 5.41) is 0.923. The first-order valence-electron chi connectivity index (χ1n) is 5.33. The number of hydrogen-bond donors (Lipinski definition) is 0. The van der Waals surface area contributed by atoms with Crippen LogP contribution in [0.3, 0.4) is 0 Å². The molecule has 0 aliphatic rings. The molecule has 17 heavy (non-hydrogen) atoms. The first-order chi connectivity index (χ1) is 8.11. The minimum absolute atomic E-state index is 0.211. The van der Waals surface area contributed by atoms with Crippen molar-refractivity contribution in [1.82, 2.24) is 4.98 Å². The first kappa shape index (κ1) is 12.2. The van der Waals surface area contributed by atoms with Crippen LogP contribution in [0.4, 0.5) is 4.39 Å². The molecule has 0 N–H and O–H groups in total. The zero-order chi connectivity index (χ0) is 12.4. The Bertz CT molecular complexity index is 536. The number of nitrogens with zero attached hydrogens (tertiary/aromatic N) is 1. The van der Waals surface area contributed by atoms with E-state index in [1.807, 2.05) is 13.8 Å². The van der Waals surface area contributed by atoms with Crippen LogP contribution in [0.5, 0.6) is 0 Å². The largest absolute Gasteiger partial charge is 0.379 e. The molecule has 1 aromatic heterocycles. The van der Waals surface area contributed by atoms with Crippen LogP contribution in [-0.2, 0) is 11.3 Å². The lowest BCUT2D eigenvalue weighted by Crippen LogP contribution is -1.86. The van der Waals surface area contributed by atoms with Crippen LogP contribution in [0.15, 0.2) is 18.2 Å². The van der Waals surface area contributed by atoms with Gasteiger partial charge in [0.2, 0.25) is 0 Å². The van der Waals surface area contributed by atoms with Gasteiger partial charge in [0.15, 0.2) is 0 Å². The van der Waals surface area contributed by atoms with E-state index in [0.717, 1.165) is 26.7 Å². The highest BCUT2D eigenvalue weighted by Crippen LogP contribution is 2.30. The summed E-state index contributed by atoms with van der Waals surface area (Å²) in [5.41, 5.74) is 2.88. The van der Waals surface area contributed by atoms with Crippen molar-refractivity contribution in [2.75, 3.05) is 7.11 Å². The second-order valence-electron chi connectivity index (χ2n) is 3.92. The Balaban J connectivity index is 2.42. The Morgan fingerprint density at radius 3 is 2.76 bits per heavy atom. The van der Waals surface area contributed by atoms with Gasteiger partial charge >= 0.3 is 0 Å². The molecule has 90 valence electrons. The van der Waals surface area contributed by atoms with Crippen LogP contribution in [-0.4, -0.2) is 12.1 Å². The van der Waals surface area contributed by atoms with Gasteiger partial charge in [0.25, 0.3) is 0 Å². The van der Waals surface area contributed by atoms with Gasteiger partial charge in [-0.3, -0.25) is 0 Å². The molecular formula is C13H14FNOS. The highest BCUT2D eigenvalue weighted by molar-refractivity contribution is 7.15. The fourth-order valence-corrected chi connectivity index (χ4v) is 2.80. The average molecular weight is 251 g/mol. The maximum atomic E-state index is 13.0. The van der Waals surface area contributed by atoms with Gasteiger partial charge in [-0.05, 0) is 37.6 Å². The molecule has 1 heterocycles. The third-order valence-electron chi connectivity index (χ3n) is 2.59. The van der Waals surface area contributed by atoms with Crippen LogP contribution in [0, 0.1) is 19.7 Å². The van der Waals surface area contributed by atoms with Crippen molar-refractivity contribution in [1.29, 1.82) is 0 Å². The van der Waals surface area contributed by atoms with Gasteiger partial charge in [-0.25, -0.2) is 9.37 Å². The van der Waals surface area contributed by atoms with Crippen LogP contribution in [0.2, 0.25) is 0 Å². The first-order valence-corrected chi connectivity index (χ1v) is 6.15. The molecule has 2 aromatic rings. The summed E-state index contributed by atoms with van der Waals surface area (Å²) >= 11 is 1.60. The van der Waals surface area contributed by atoms with Crippen molar-refractivity contribution in [3.05, 3.63) is 40.2 Å². The minimum Gasteiger partial charge on any atom is -0.379 e. The molecule has 1 aromatic carbocycles. The maximum absolute atomic E-state index is 13.0. The Labute approximate surface area is 104 Å². The van der Waals surface area contributed by atoms with Crippen molar-refractivity contribution < 1.29 is 9.13 Å². The smallest absolute Gasteiger partial charge is 0.124 e. The molecule has 2 nitrogen and oxygen atoms in total. The minimum atomic E-state index is -0.211. The molecule has 0 saturated heterocycles. The number of hydrogen-bond acceptors (Lipinski definition) is 3. The Morgan fingerprint density at radius 1 is 1.35 bits per heavy atom. The number of benzene rings is 1. The molecule has 0 amide bonds. The molecule has 0 saturated carbocycles. The lowest BCUT2D eigenvalue weighted by molar-refractivity contribution is 0.187. The van der Waals surface area contributed by atoms with E-state index in [1.165, 1.54) is 12.1 Å². The van der Waals surface area contributed by atoms with E-state index in [-0.39, 0.29) is 5.82 Å². The Morgan fingerprint density at radius 2 is 2.12 bits per heavy atom. The van der Waals surface area contributed by atoms with Crippen molar-refractivity contribution >= 4 is 11.3 Å². The molecule has 0 spiro atoms. The molecule has 0 radical (unpaired) electrons. The highest BCUT2D eigenvalue weighted by Gasteiger charge is 2.11. The lowest BCUT2D eigenvalue weighted by Gasteiger charge is -2.01. The zero-order valence-electron chi connectivity index (χ0n) is 10.1. The third-order valence-corrected chi connectivity index (χ3v) is 3.75. The van der Waals surface area contributed by atoms with Crippen molar-refractivity contribution in [2.24, 2.45) is 0 Å². The number of aryl methyl sites for hydroxylation is 2. The Kier molecular flexibility index (Phi) is 3.54. The SMILES string of the molecule is COCc1sc(-c2ccc(F)cc2C)nc1C. The third kappa shape index (κ3) is 2.53. The molecule has 0 fully saturated rings. The van der Waals surface area contributed by atoms with E-state index < -0.39 is 0 Å². The number of thiazole rings is 1. The van der Waals surface area contributed by atoms with Crippen molar-refractivity contribution in [3.8, 4) is 10.6 Å². The van der Waals surface area contributed by atoms with Gasteiger partial charge in [-0.2, -0.15) is 0 Å². The highest BCUT2D eigenvalue weighted by atomic mass is 32.1. The normalized spacial score (nSPS) is 10.8. The van der Waals surface area contributed by atoms with E-state index >= 15 is 0 Å². The molecule has 4 heteroatoms. The van der Waals surface area contributed by atoms with Gasteiger partial charge in [0.1, 0.15) is 10.8 Å². The summed E-state index contributed by atoms with van der Waals surface area (Å²) in [7, 11) is 1.67. The second kappa shape index (κ2) is 4.94. The van der Waals surface area contributed by atoms with E-state index in [4.69, 9.17) is 4.74 Å². The second-order valence-corrected chi connectivity index (χ2v) is 5.00. The van der Waals surface area contributed by atoms with Crippen LogP contribution >= 0.6 is 11.3 Å². The van der Waals surface area contributed by atoms with Crippen molar-refractivity contribution in [3.63, 3.8) is 0 Å². The topological polar surface area (TPSA) is 22.1 Å². The molecule has 2 rings (SSSR count). The average Bonchev–Trinajstić information content (AvgIpc) is 2.60. The summed E-state index contributed by atoms with van der Waals surface area (Å²) in [5.74, 6) is -0.211. The predicted molar refractivity (Wildman–Crippen MR) is 67.7 cm³/mol. The number of methoxy groups -OCH3 is 1. The molecular weight excluding hydrogens is 237 g/mol. The van der Waals surface area contributed by atoms with E-state index in [0.29, 0.717) is 6.61 Å². The number of aromatic nitrogens is 1. The number of rotatable bonds is 3. The number of halogens is 1. The van der Waals surface area contributed by atoms with Crippen LogP contribution < -0.4 is 0 Å². The number of ether oxygens (including phenoxy) is 1. The van der Waals surface area contributed by atoms with E-state index in [2.05, 4.69) is 4.98 Å². The van der Waals surface area contributed by atoms with Gasteiger partial charge in [-0.15, -0.1) is 11.3 Å².